The number of aryl methyl sites for hydroxylation is 2. The summed E-state index contributed by atoms with van der Waals surface area (Å²) in [6.45, 7) is 0.984. The molecule has 0 spiro atoms. The topological polar surface area (TPSA) is 56.0 Å². The van der Waals surface area contributed by atoms with Crippen LogP contribution in [0.3, 0.4) is 0 Å². The molecule has 2 aromatic carbocycles. The first-order chi connectivity index (χ1) is 13.1. The largest absolute Gasteiger partial charge is 0.356 e. The Morgan fingerprint density at radius 1 is 1.07 bits per heavy atom. The number of imidazole rings is 1. The summed E-state index contributed by atoms with van der Waals surface area (Å²) in [5.74, 6) is -0.0330. The third-order valence-electron chi connectivity index (χ3n) is 4.89. The minimum Gasteiger partial charge on any atom is -0.356 e. The Morgan fingerprint density at radius 2 is 1.81 bits per heavy atom. The smallest absolute Gasteiger partial charge is 0.328 e. The predicted molar refractivity (Wildman–Crippen MR) is 110 cm³/mol. The van der Waals surface area contributed by atoms with Crippen molar-refractivity contribution < 1.29 is 4.79 Å². The Hall–Kier alpha value is -2.86. The summed E-state index contributed by atoms with van der Waals surface area (Å²) in [4.78, 5) is 24.6. The van der Waals surface area contributed by atoms with Gasteiger partial charge >= 0.3 is 5.69 Å². The van der Waals surface area contributed by atoms with Crippen LogP contribution in [0.2, 0.25) is 0 Å². The number of nitrogens with zero attached hydrogens (tertiary/aromatic N) is 2. The fraction of sp³-hybridized carbons (Fsp3) is 0.238. The molecule has 2 heterocycles. The number of rotatable bonds is 6. The van der Waals surface area contributed by atoms with E-state index in [1.54, 1.807) is 27.5 Å². The SMILES string of the molecule is Cn1c(=O)n(CCC(=O)NCCc2csc3ccccc23)c2ccccc21. The van der Waals surface area contributed by atoms with Crippen molar-refractivity contribution in [2.24, 2.45) is 7.05 Å². The van der Waals surface area contributed by atoms with Gasteiger partial charge in [0.1, 0.15) is 0 Å². The molecule has 1 amide bonds. The van der Waals surface area contributed by atoms with Gasteiger partial charge in [-0.1, -0.05) is 30.3 Å². The van der Waals surface area contributed by atoms with Gasteiger partial charge in [0.15, 0.2) is 0 Å². The van der Waals surface area contributed by atoms with Crippen LogP contribution in [0.5, 0.6) is 0 Å². The second kappa shape index (κ2) is 7.40. The van der Waals surface area contributed by atoms with Crippen molar-refractivity contribution in [3.05, 3.63) is 70.0 Å². The van der Waals surface area contributed by atoms with Gasteiger partial charge in [-0.2, -0.15) is 0 Å². The van der Waals surface area contributed by atoms with Crippen LogP contribution >= 0.6 is 11.3 Å². The van der Waals surface area contributed by atoms with E-state index in [0.29, 0.717) is 13.1 Å². The van der Waals surface area contributed by atoms with Crippen molar-refractivity contribution in [1.29, 1.82) is 0 Å². The van der Waals surface area contributed by atoms with Gasteiger partial charge in [-0.3, -0.25) is 13.9 Å². The highest BCUT2D eigenvalue weighted by Gasteiger charge is 2.11. The maximum atomic E-state index is 12.4. The molecule has 0 atom stereocenters. The summed E-state index contributed by atoms with van der Waals surface area (Å²) in [5.41, 5.74) is 2.92. The first kappa shape index (κ1) is 17.5. The minimum absolute atomic E-state index is 0.0330. The number of hydrogen-bond donors (Lipinski definition) is 1. The van der Waals surface area contributed by atoms with E-state index in [1.165, 1.54) is 15.6 Å². The molecule has 0 bridgehead atoms. The average Bonchev–Trinajstić information content (AvgIpc) is 3.21. The van der Waals surface area contributed by atoms with Crippen LogP contribution in [0.25, 0.3) is 21.1 Å². The Kier molecular flexibility index (Phi) is 4.81. The number of hydrogen-bond acceptors (Lipinski definition) is 3. The lowest BCUT2D eigenvalue weighted by molar-refractivity contribution is -0.121. The van der Waals surface area contributed by atoms with E-state index in [1.807, 2.05) is 36.4 Å². The maximum Gasteiger partial charge on any atom is 0.328 e. The first-order valence-corrected chi connectivity index (χ1v) is 9.89. The summed E-state index contributed by atoms with van der Waals surface area (Å²) >= 11 is 1.73. The molecular weight excluding hydrogens is 358 g/mol. The highest BCUT2D eigenvalue weighted by molar-refractivity contribution is 7.17. The molecule has 4 aromatic rings. The van der Waals surface area contributed by atoms with E-state index in [4.69, 9.17) is 0 Å². The van der Waals surface area contributed by atoms with Gasteiger partial charge in [0.05, 0.1) is 11.0 Å². The molecule has 138 valence electrons. The molecule has 0 aliphatic carbocycles. The van der Waals surface area contributed by atoms with Crippen molar-refractivity contribution in [2.75, 3.05) is 6.54 Å². The van der Waals surface area contributed by atoms with Crippen molar-refractivity contribution in [1.82, 2.24) is 14.5 Å². The van der Waals surface area contributed by atoms with Gasteiger partial charge in [-0.25, -0.2) is 4.79 Å². The minimum atomic E-state index is -0.0891. The summed E-state index contributed by atoms with van der Waals surface area (Å²) in [6, 6.07) is 16.0. The van der Waals surface area contributed by atoms with Crippen molar-refractivity contribution in [3.8, 4) is 0 Å². The van der Waals surface area contributed by atoms with Crippen LogP contribution in [0.4, 0.5) is 0 Å². The molecule has 6 heteroatoms. The lowest BCUT2D eigenvalue weighted by atomic mass is 10.1. The number of nitrogens with one attached hydrogen (secondary N) is 1. The van der Waals surface area contributed by atoms with Crippen LogP contribution < -0.4 is 11.0 Å². The van der Waals surface area contributed by atoms with E-state index < -0.39 is 0 Å². The number of carbonyl (C=O) groups is 1. The number of fused-ring (bicyclic) bond motifs is 2. The van der Waals surface area contributed by atoms with E-state index >= 15 is 0 Å². The number of carbonyl (C=O) groups excluding carboxylic acids is 1. The lowest BCUT2D eigenvalue weighted by Gasteiger charge is -2.06. The summed E-state index contributed by atoms with van der Waals surface area (Å²) in [6.07, 6.45) is 1.10. The molecular formula is C21H21N3O2S. The van der Waals surface area contributed by atoms with E-state index in [9.17, 15) is 9.59 Å². The van der Waals surface area contributed by atoms with Gasteiger partial charge in [0.2, 0.25) is 5.91 Å². The zero-order chi connectivity index (χ0) is 18.8. The van der Waals surface area contributed by atoms with Crippen LogP contribution in [0, 0.1) is 0 Å². The zero-order valence-electron chi connectivity index (χ0n) is 15.1. The van der Waals surface area contributed by atoms with Crippen molar-refractivity contribution >= 4 is 38.4 Å². The Balaban J connectivity index is 1.35. The molecule has 0 unspecified atom stereocenters. The number of aromatic nitrogens is 2. The Morgan fingerprint density at radius 3 is 2.67 bits per heavy atom. The molecule has 0 aliphatic rings. The zero-order valence-corrected chi connectivity index (χ0v) is 16.0. The van der Waals surface area contributed by atoms with E-state index in [-0.39, 0.29) is 18.0 Å². The number of amides is 1. The predicted octanol–water partition coefficient (Wildman–Crippen LogP) is 3.30. The highest BCUT2D eigenvalue weighted by Crippen LogP contribution is 2.25. The fourth-order valence-corrected chi connectivity index (χ4v) is 4.44. The van der Waals surface area contributed by atoms with Crippen molar-refractivity contribution in [2.45, 2.75) is 19.4 Å². The highest BCUT2D eigenvalue weighted by atomic mass is 32.1. The number of para-hydroxylation sites is 2. The molecule has 27 heavy (non-hydrogen) atoms. The molecule has 4 rings (SSSR count). The number of benzene rings is 2. The van der Waals surface area contributed by atoms with Gasteiger partial charge in [0.25, 0.3) is 0 Å². The third-order valence-corrected chi connectivity index (χ3v) is 5.90. The van der Waals surface area contributed by atoms with Crippen LogP contribution in [-0.2, 0) is 24.8 Å². The molecule has 0 saturated heterocycles. The van der Waals surface area contributed by atoms with Gasteiger partial charge in [0, 0.05) is 31.3 Å². The number of thiophene rings is 1. The normalized spacial score (nSPS) is 11.3. The van der Waals surface area contributed by atoms with E-state index in [0.717, 1.165) is 17.5 Å². The maximum absolute atomic E-state index is 12.4. The van der Waals surface area contributed by atoms with Crippen LogP contribution in [0.1, 0.15) is 12.0 Å². The molecule has 0 aliphatic heterocycles. The van der Waals surface area contributed by atoms with Crippen LogP contribution in [-0.4, -0.2) is 21.6 Å². The second-order valence-corrected chi connectivity index (χ2v) is 7.50. The molecule has 5 nitrogen and oxygen atoms in total. The first-order valence-electron chi connectivity index (χ1n) is 9.01. The molecule has 0 saturated carbocycles. The summed E-state index contributed by atoms with van der Waals surface area (Å²) < 4.78 is 4.56. The second-order valence-electron chi connectivity index (χ2n) is 6.59. The lowest BCUT2D eigenvalue weighted by Crippen LogP contribution is -2.29. The standard InChI is InChI=1S/C21H21N3O2S/c1-23-17-7-3-4-8-18(17)24(21(23)26)13-11-20(25)22-12-10-15-14-27-19-9-5-2-6-16(15)19/h2-9,14H,10-13H2,1H3,(H,22,25). The van der Waals surface area contributed by atoms with Gasteiger partial charge < -0.3 is 5.32 Å². The van der Waals surface area contributed by atoms with Crippen molar-refractivity contribution in [3.63, 3.8) is 0 Å². The molecule has 2 aromatic heterocycles. The van der Waals surface area contributed by atoms with E-state index in [2.05, 4.69) is 22.8 Å². The summed E-state index contributed by atoms with van der Waals surface area (Å²) in [5, 5.41) is 6.40. The Labute approximate surface area is 160 Å². The molecule has 0 fully saturated rings. The fourth-order valence-electron chi connectivity index (χ4n) is 3.44. The van der Waals surface area contributed by atoms with Gasteiger partial charge in [-0.05, 0) is 40.9 Å². The van der Waals surface area contributed by atoms with Gasteiger partial charge in [-0.15, -0.1) is 11.3 Å². The molecule has 0 radical (unpaired) electrons. The van der Waals surface area contributed by atoms with Crippen LogP contribution in [0.15, 0.2) is 58.7 Å². The quantitative estimate of drug-likeness (QED) is 0.559. The monoisotopic (exact) mass is 379 g/mol. The average molecular weight is 379 g/mol. The Bertz CT molecular complexity index is 1170. The summed E-state index contributed by atoms with van der Waals surface area (Å²) in [7, 11) is 1.76. The molecule has 1 N–H and O–H groups in total. The third kappa shape index (κ3) is 3.40.